The molecule has 0 atom stereocenters. The van der Waals surface area contributed by atoms with E-state index in [1.807, 2.05) is 12.2 Å². The van der Waals surface area contributed by atoms with Crippen LogP contribution in [0.15, 0.2) is 18.3 Å². The van der Waals surface area contributed by atoms with Gasteiger partial charge in [0.1, 0.15) is 0 Å². The Hall–Kier alpha value is -0.540. The van der Waals surface area contributed by atoms with E-state index in [9.17, 15) is 0 Å². The summed E-state index contributed by atoms with van der Waals surface area (Å²) in [6.45, 7) is 0. The van der Waals surface area contributed by atoms with Gasteiger partial charge >= 0.3 is 0 Å². The smallest absolute Gasteiger partial charge is 0.0857 e. The third-order valence-electron chi connectivity index (χ3n) is 1.28. The van der Waals surface area contributed by atoms with Crippen LogP contribution in [0.2, 0.25) is 5.02 Å². The molecule has 0 aliphatic heterocycles. The summed E-state index contributed by atoms with van der Waals surface area (Å²) in [7, 11) is 0. The number of anilines is 1. The van der Waals surface area contributed by atoms with E-state index in [0.29, 0.717) is 10.7 Å². The molecule has 0 saturated carbocycles. The Bertz CT molecular complexity index is 299. The molecule has 0 spiro atoms. The van der Waals surface area contributed by atoms with Gasteiger partial charge in [-0.3, -0.25) is 4.98 Å². The number of hydrogen-bond donors (Lipinski definition) is 1. The number of nitrogens with two attached hydrogens (primary N) is 1. The molecule has 0 aliphatic rings. The first-order valence-corrected chi connectivity index (χ1v) is 4.87. The number of alkyl halides is 1. The first kappa shape index (κ1) is 9.55. The fourth-order valence-corrected chi connectivity index (χ4v) is 1.11. The van der Waals surface area contributed by atoms with Gasteiger partial charge in [0.05, 0.1) is 16.4 Å². The maximum absolute atomic E-state index is 5.68. The van der Waals surface area contributed by atoms with Gasteiger partial charge in [0, 0.05) is 11.5 Å². The minimum Gasteiger partial charge on any atom is -0.397 e. The minimum atomic E-state index is 0.559. The van der Waals surface area contributed by atoms with Crippen molar-refractivity contribution in [3.63, 3.8) is 0 Å². The van der Waals surface area contributed by atoms with Crippen LogP contribution in [0.3, 0.4) is 0 Å². The van der Waals surface area contributed by atoms with Crippen molar-refractivity contribution in [2.45, 2.75) is 0 Å². The van der Waals surface area contributed by atoms with Crippen molar-refractivity contribution < 1.29 is 0 Å². The third kappa shape index (κ3) is 2.50. The molecule has 0 fully saturated rings. The molecule has 1 rings (SSSR count). The van der Waals surface area contributed by atoms with Crippen molar-refractivity contribution in [2.75, 3.05) is 11.1 Å². The van der Waals surface area contributed by atoms with Crippen LogP contribution in [0.5, 0.6) is 0 Å². The zero-order valence-corrected chi connectivity index (χ0v) is 8.64. The lowest BCUT2D eigenvalue weighted by atomic mass is 10.3. The summed E-state index contributed by atoms with van der Waals surface area (Å²) in [5.41, 5.74) is 6.99. The lowest BCUT2D eigenvalue weighted by Crippen LogP contribution is -1.91. The van der Waals surface area contributed by atoms with Gasteiger partial charge in [-0.2, -0.15) is 0 Å². The van der Waals surface area contributed by atoms with E-state index in [-0.39, 0.29) is 0 Å². The molecule has 1 aromatic heterocycles. The van der Waals surface area contributed by atoms with Crippen LogP contribution in [0.1, 0.15) is 5.69 Å². The van der Waals surface area contributed by atoms with Crippen LogP contribution in [0, 0.1) is 0 Å². The van der Waals surface area contributed by atoms with E-state index in [4.69, 9.17) is 17.3 Å². The summed E-state index contributed by atoms with van der Waals surface area (Å²) >= 11 is 8.94. The maximum Gasteiger partial charge on any atom is 0.0857 e. The Balaban J connectivity index is 2.94. The highest BCUT2D eigenvalue weighted by atomic mass is 79.9. The molecule has 0 aromatic carbocycles. The fourth-order valence-electron chi connectivity index (χ4n) is 0.761. The number of halogens is 2. The van der Waals surface area contributed by atoms with Crippen molar-refractivity contribution >= 4 is 39.3 Å². The second-order valence-corrected chi connectivity index (χ2v) is 3.27. The normalized spacial score (nSPS) is 10.8. The van der Waals surface area contributed by atoms with E-state index in [2.05, 4.69) is 20.9 Å². The zero-order valence-electron chi connectivity index (χ0n) is 6.30. The highest BCUT2D eigenvalue weighted by Crippen LogP contribution is 2.15. The van der Waals surface area contributed by atoms with Gasteiger partial charge in [-0.05, 0) is 12.1 Å². The molecule has 0 amide bonds. The van der Waals surface area contributed by atoms with Crippen molar-refractivity contribution in [3.8, 4) is 0 Å². The molecule has 0 radical (unpaired) electrons. The van der Waals surface area contributed by atoms with E-state index in [0.717, 1.165) is 11.0 Å². The standard InChI is InChI=1S/C8H8BrClN2/c9-3-1-2-8-7(11)4-6(10)5-12-8/h1-2,4-5H,3,11H2. The zero-order chi connectivity index (χ0) is 8.97. The van der Waals surface area contributed by atoms with Gasteiger partial charge in [-0.15, -0.1) is 0 Å². The van der Waals surface area contributed by atoms with Gasteiger partial charge < -0.3 is 5.73 Å². The highest BCUT2D eigenvalue weighted by Gasteiger charge is 1.96. The van der Waals surface area contributed by atoms with Gasteiger partial charge in [-0.1, -0.05) is 33.6 Å². The SMILES string of the molecule is Nc1cc(Cl)cnc1C=CCBr. The minimum absolute atomic E-state index is 0.559. The van der Waals surface area contributed by atoms with E-state index >= 15 is 0 Å². The Kier molecular flexibility index (Phi) is 3.56. The Morgan fingerprint density at radius 2 is 2.42 bits per heavy atom. The molecule has 1 heterocycles. The van der Waals surface area contributed by atoms with Gasteiger partial charge in [0.15, 0.2) is 0 Å². The summed E-state index contributed by atoms with van der Waals surface area (Å²) in [6.07, 6.45) is 5.35. The molecule has 0 unspecified atom stereocenters. The number of nitrogen functional groups attached to an aromatic ring is 1. The predicted molar refractivity (Wildman–Crippen MR) is 56.5 cm³/mol. The largest absolute Gasteiger partial charge is 0.397 e. The fraction of sp³-hybridized carbons (Fsp3) is 0.125. The maximum atomic E-state index is 5.68. The average molecular weight is 248 g/mol. The second-order valence-electron chi connectivity index (χ2n) is 2.18. The van der Waals surface area contributed by atoms with E-state index < -0.39 is 0 Å². The van der Waals surface area contributed by atoms with Crippen molar-refractivity contribution in [1.29, 1.82) is 0 Å². The van der Waals surface area contributed by atoms with Crippen molar-refractivity contribution in [3.05, 3.63) is 29.1 Å². The van der Waals surface area contributed by atoms with Crippen LogP contribution < -0.4 is 5.73 Å². The number of pyridine rings is 1. The Labute approximate surface area is 84.6 Å². The number of nitrogens with zero attached hydrogens (tertiary/aromatic N) is 1. The second kappa shape index (κ2) is 4.48. The van der Waals surface area contributed by atoms with E-state index in [1.165, 1.54) is 0 Å². The molecule has 2 N–H and O–H groups in total. The molecule has 12 heavy (non-hydrogen) atoms. The first-order chi connectivity index (χ1) is 5.74. The number of rotatable bonds is 2. The monoisotopic (exact) mass is 246 g/mol. The number of hydrogen-bond acceptors (Lipinski definition) is 2. The summed E-state index contributed by atoms with van der Waals surface area (Å²) < 4.78 is 0. The lowest BCUT2D eigenvalue weighted by Gasteiger charge is -1.98. The topological polar surface area (TPSA) is 38.9 Å². The molecule has 1 aromatic rings. The van der Waals surface area contributed by atoms with Crippen LogP contribution in [0.25, 0.3) is 6.08 Å². The van der Waals surface area contributed by atoms with Crippen LogP contribution in [-0.2, 0) is 0 Å². The lowest BCUT2D eigenvalue weighted by molar-refractivity contribution is 1.30. The average Bonchev–Trinajstić information content (AvgIpc) is 2.03. The van der Waals surface area contributed by atoms with E-state index in [1.54, 1.807) is 12.3 Å². The summed E-state index contributed by atoms with van der Waals surface area (Å²) in [6, 6.07) is 1.68. The molecule has 64 valence electrons. The third-order valence-corrected chi connectivity index (χ3v) is 1.86. The summed E-state index contributed by atoms with van der Waals surface area (Å²) in [4.78, 5) is 4.05. The number of aromatic nitrogens is 1. The van der Waals surface area contributed by atoms with Crippen LogP contribution >= 0.6 is 27.5 Å². The van der Waals surface area contributed by atoms with Crippen LogP contribution in [-0.4, -0.2) is 10.3 Å². The molecule has 0 bridgehead atoms. The Morgan fingerprint density at radius 1 is 1.67 bits per heavy atom. The quantitative estimate of drug-likeness (QED) is 0.816. The number of allylic oxidation sites excluding steroid dienone is 1. The molecule has 4 heteroatoms. The molecular formula is C8H8BrClN2. The molecule has 0 saturated heterocycles. The van der Waals surface area contributed by atoms with Gasteiger partial charge in [-0.25, -0.2) is 0 Å². The molecule has 2 nitrogen and oxygen atoms in total. The van der Waals surface area contributed by atoms with Crippen LogP contribution in [0.4, 0.5) is 5.69 Å². The molecular weight excluding hydrogens is 239 g/mol. The van der Waals surface area contributed by atoms with Gasteiger partial charge in [0.2, 0.25) is 0 Å². The van der Waals surface area contributed by atoms with Gasteiger partial charge in [0.25, 0.3) is 0 Å². The predicted octanol–water partition coefficient (Wildman–Crippen LogP) is 2.73. The summed E-state index contributed by atoms with van der Waals surface area (Å²) in [5, 5.41) is 1.35. The first-order valence-electron chi connectivity index (χ1n) is 3.37. The van der Waals surface area contributed by atoms with Crippen molar-refractivity contribution in [1.82, 2.24) is 4.98 Å². The van der Waals surface area contributed by atoms with Crippen molar-refractivity contribution in [2.24, 2.45) is 0 Å². The molecule has 0 aliphatic carbocycles. The summed E-state index contributed by atoms with van der Waals surface area (Å²) in [5.74, 6) is 0. The highest BCUT2D eigenvalue weighted by molar-refractivity contribution is 9.09. The Morgan fingerprint density at radius 3 is 3.00 bits per heavy atom.